The summed E-state index contributed by atoms with van der Waals surface area (Å²) in [5.74, 6) is -2.12. The summed E-state index contributed by atoms with van der Waals surface area (Å²) in [4.78, 5) is 4.49. The van der Waals surface area contributed by atoms with Crippen LogP contribution in [0.4, 0.5) is 18.9 Å². The Labute approximate surface area is 227 Å². The highest BCUT2D eigenvalue weighted by Crippen LogP contribution is 2.37. The van der Waals surface area contributed by atoms with E-state index in [1.165, 1.54) is 42.5 Å². The van der Waals surface area contributed by atoms with Crippen LogP contribution in [0.1, 0.15) is 30.5 Å². The lowest BCUT2D eigenvalue weighted by molar-refractivity contribution is 0.153. The van der Waals surface area contributed by atoms with Crippen LogP contribution >= 0.6 is 11.6 Å². The van der Waals surface area contributed by atoms with E-state index in [1.807, 2.05) is 0 Å². The molecule has 0 bridgehead atoms. The molecule has 3 aromatic rings. The third kappa shape index (κ3) is 6.51. The summed E-state index contributed by atoms with van der Waals surface area (Å²) in [5.41, 5.74) is 0.714. The Morgan fingerprint density at radius 2 is 1.55 bits per heavy atom. The fraction of sp³-hybridized carbons (Fsp3) is 0.357. The molecule has 0 amide bonds. The predicted octanol–water partition coefficient (Wildman–Crippen LogP) is 5.89. The van der Waals surface area contributed by atoms with Crippen molar-refractivity contribution in [3.05, 3.63) is 94.3 Å². The van der Waals surface area contributed by atoms with Crippen LogP contribution in [0.25, 0.3) is 0 Å². The quantitative estimate of drug-likeness (QED) is 0.324. The molecule has 38 heavy (non-hydrogen) atoms. The maximum Gasteiger partial charge on any atom is 0.264 e. The lowest BCUT2D eigenvalue weighted by atomic mass is 9.97. The van der Waals surface area contributed by atoms with E-state index < -0.39 is 39.2 Å². The number of hydrogen-bond acceptors (Lipinski definition) is 4. The van der Waals surface area contributed by atoms with E-state index in [4.69, 9.17) is 11.6 Å². The summed E-state index contributed by atoms with van der Waals surface area (Å²) in [7, 11) is -2.28. The minimum atomic E-state index is -4.37. The molecule has 0 radical (unpaired) electrons. The molecule has 1 saturated heterocycles. The minimum Gasteiger partial charge on any atom is -0.304 e. The summed E-state index contributed by atoms with van der Waals surface area (Å²) in [6.07, 6.45) is 1.25. The molecule has 5 nitrogen and oxygen atoms in total. The van der Waals surface area contributed by atoms with Crippen molar-refractivity contribution in [1.29, 1.82) is 0 Å². The number of benzene rings is 3. The molecule has 1 heterocycles. The van der Waals surface area contributed by atoms with Crippen molar-refractivity contribution in [2.75, 3.05) is 44.1 Å². The number of aryl methyl sites for hydroxylation is 1. The summed E-state index contributed by atoms with van der Waals surface area (Å²) in [6.45, 7) is 6.29. The van der Waals surface area contributed by atoms with E-state index >= 15 is 4.39 Å². The van der Waals surface area contributed by atoms with Crippen molar-refractivity contribution < 1.29 is 21.6 Å². The topological polar surface area (TPSA) is 43.9 Å². The normalized spacial score (nSPS) is 15.9. The fourth-order valence-electron chi connectivity index (χ4n) is 4.81. The van der Waals surface area contributed by atoms with E-state index in [2.05, 4.69) is 16.8 Å². The van der Waals surface area contributed by atoms with Crippen molar-refractivity contribution in [2.24, 2.45) is 0 Å². The highest BCUT2D eigenvalue weighted by Gasteiger charge is 2.33. The van der Waals surface area contributed by atoms with E-state index in [-0.39, 0.29) is 4.90 Å². The standard InChI is InChI=1S/C28H31ClF3N3O2S/c1-20(26-11-7-23(30)18-21(26)4-3-13-34-16-14-33(2)15-17-34)35(28-19-24(31)8-12-27(28)32)38(36,37)25-9-5-22(29)6-10-25/h5-12,18-20H,3-4,13-17H2,1-2H3. The molecule has 0 saturated carbocycles. The highest BCUT2D eigenvalue weighted by molar-refractivity contribution is 7.92. The monoisotopic (exact) mass is 565 g/mol. The molecule has 204 valence electrons. The Bertz CT molecular complexity index is 1360. The van der Waals surface area contributed by atoms with Gasteiger partial charge in [-0.25, -0.2) is 21.6 Å². The average Bonchev–Trinajstić information content (AvgIpc) is 2.87. The molecule has 1 fully saturated rings. The van der Waals surface area contributed by atoms with E-state index in [1.54, 1.807) is 6.92 Å². The molecule has 1 aliphatic rings. The van der Waals surface area contributed by atoms with Crippen molar-refractivity contribution >= 4 is 27.3 Å². The number of likely N-dealkylation sites (N-methyl/N-ethyl adjacent to an activating group) is 1. The van der Waals surface area contributed by atoms with Crippen LogP contribution in [-0.2, 0) is 16.4 Å². The van der Waals surface area contributed by atoms with E-state index in [0.29, 0.717) is 22.6 Å². The number of hydrogen-bond donors (Lipinski definition) is 0. The molecule has 1 unspecified atom stereocenters. The van der Waals surface area contributed by atoms with Crippen LogP contribution < -0.4 is 4.31 Å². The molecule has 1 aliphatic heterocycles. The first kappa shape index (κ1) is 28.4. The Kier molecular flexibility index (Phi) is 9.03. The second-order valence-corrected chi connectivity index (χ2v) is 11.9. The number of nitrogens with zero attached hydrogens (tertiary/aromatic N) is 3. The number of sulfonamides is 1. The Morgan fingerprint density at radius 3 is 2.24 bits per heavy atom. The van der Waals surface area contributed by atoms with Crippen molar-refractivity contribution in [3.63, 3.8) is 0 Å². The van der Waals surface area contributed by atoms with Gasteiger partial charge < -0.3 is 9.80 Å². The molecule has 3 aromatic carbocycles. The first-order chi connectivity index (χ1) is 18.1. The minimum absolute atomic E-state index is 0.129. The molecule has 4 rings (SSSR count). The van der Waals surface area contributed by atoms with Gasteiger partial charge >= 0.3 is 0 Å². The van der Waals surface area contributed by atoms with Crippen molar-refractivity contribution in [3.8, 4) is 0 Å². The van der Waals surface area contributed by atoms with Crippen molar-refractivity contribution in [2.45, 2.75) is 30.7 Å². The van der Waals surface area contributed by atoms with Crippen LogP contribution in [0, 0.1) is 17.5 Å². The largest absolute Gasteiger partial charge is 0.304 e. The second kappa shape index (κ2) is 12.1. The number of anilines is 1. The van der Waals surface area contributed by atoms with Gasteiger partial charge in [0.15, 0.2) is 0 Å². The van der Waals surface area contributed by atoms with Gasteiger partial charge in [-0.1, -0.05) is 17.7 Å². The Hall–Kier alpha value is -2.59. The average molecular weight is 566 g/mol. The van der Waals surface area contributed by atoms with Gasteiger partial charge in [-0.05, 0) is 93.0 Å². The zero-order valence-corrected chi connectivity index (χ0v) is 23.0. The second-order valence-electron chi connectivity index (χ2n) is 9.62. The summed E-state index contributed by atoms with van der Waals surface area (Å²) in [6, 6.07) is 11.3. The van der Waals surface area contributed by atoms with Crippen LogP contribution in [-0.4, -0.2) is 58.0 Å². The van der Waals surface area contributed by atoms with Crippen LogP contribution in [0.5, 0.6) is 0 Å². The van der Waals surface area contributed by atoms with Gasteiger partial charge in [0.1, 0.15) is 17.5 Å². The van der Waals surface area contributed by atoms with Crippen LogP contribution in [0.2, 0.25) is 5.02 Å². The predicted molar refractivity (Wildman–Crippen MR) is 145 cm³/mol. The van der Waals surface area contributed by atoms with Gasteiger partial charge in [-0.2, -0.15) is 0 Å². The zero-order chi connectivity index (χ0) is 27.4. The molecule has 0 aromatic heterocycles. The number of halogens is 4. The SMILES string of the molecule is CC(c1ccc(F)cc1CCCN1CCN(C)CC1)N(c1cc(F)ccc1F)S(=O)(=O)c1ccc(Cl)cc1. The van der Waals surface area contributed by atoms with Crippen LogP contribution in [0.3, 0.4) is 0 Å². The third-order valence-electron chi connectivity index (χ3n) is 6.94. The van der Waals surface area contributed by atoms with Gasteiger partial charge in [0.05, 0.1) is 16.6 Å². The van der Waals surface area contributed by atoms with Gasteiger partial charge in [0.2, 0.25) is 0 Å². The van der Waals surface area contributed by atoms with E-state index in [9.17, 15) is 17.2 Å². The molecular weight excluding hydrogens is 535 g/mol. The molecule has 1 atom stereocenters. The molecule has 0 N–H and O–H groups in total. The Morgan fingerprint density at radius 1 is 0.921 bits per heavy atom. The molecule has 0 spiro atoms. The summed E-state index contributed by atoms with van der Waals surface area (Å²) >= 11 is 5.95. The maximum absolute atomic E-state index is 15.0. The Balaban J connectivity index is 1.70. The third-order valence-corrected chi connectivity index (χ3v) is 9.09. The van der Waals surface area contributed by atoms with Gasteiger partial charge in [0.25, 0.3) is 10.0 Å². The molecular formula is C28H31ClF3N3O2S. The molecule has 10 heteroatoms. The highest BCUT2D eigenvalue weighted by atomic mass is 35.5. The van der Waals surface area contributed by atoms with Gasteiger partial charge in [-0.3, -0.25) is 4.31 Å². The van der Waals surface area contributed by atoms with Gasteiger partial charge in [-0.15, -0.1) is 0 Å². The molecule has 0 aliphatic carbocycles. The number of rotatable bonds is 9. The van der Waals surface area contributed by atoms with Crippen molar-refractivity contribution in [1.82, 2.24) is 9.80 Å². The fourth-order valence-corrected chi connectivity index (χ4v) is 6.57. The lowest BCUT2D eigenvalue weighted by Gasteiger charge is -2.33. The number of piperazine rings is 1. The summed E-state index contributed by atoms with van der Waals surface area (Å²) < 4.78 is 72.2. The maximum atomic E-state index is 15.0. The van der Waals surface area contributed by atoms with Gasteiger partial charge in [0, 0.05) is 37.3 Å². The lowest BCUT2D eigenvalue weighted by Crippen LogP contribution is -2.44. The summed E-state index contributed by atoms with van der Waals surface area (Å²) in [5, 5.41) is 0.335. The first-order valence-electron chi connectivity index (χ1n) is 12.5. The smallest absolute Gasteiger partial charge is 0.264 e. The zero-order valence-electron chi connectivity index (χ0n) is 21.4. The van der Waals surface area contributed by atoms with E-state index in [0.717, 1.165) is 61.6 Å². The van der Waals surface area contributed by atoms with Crippen LogP contribution in [0.15, 0.2) is 65.6 Å². The first-order valence-corrected chi connectivity index (χ1v) is 14.3.